The maximum atomic E-state index is 4.57. The lowest BCUT2D eigenvalue weighted by Gasteiger charge is -2.40. The Labute approximate surface area is 109 Å². The predicted molar refractivity (Wildman–Crippen MR) is 73.9 cm³/mol. The highest BCUT2D eigenvalue weighted by atomic mass is 15.3. The van der Waals surface area contributed by atoms with E-state index in [2.05, 4.69) is 21.4 Å². The molecule has 0 unspecified atom stereocenters. The highest BCUT2D eigenvalue weighted by Crippen LogP contribution is 2.31. The molecule has 4 heteroatoms. The van der Waals surface area contributed by atoms with Crippen LogP contribution in [-0.4, -0.2) is 35.0 Å². The summed E-state index contributed by atoms with van der Waals surface area (Å²) in [5.74, 6) is 1.14. The van der Waals surface area contributed by atoms with Gasteiger partial charge < -0.3 is 10.2 Å². The van der Waals surface area contributed by atoms with Crippen LogP contribution in [0.5, 0.6) is 0 Å². The van der Waals surface area contributed by atoms with Crippen molar-refractivity contribution in [1.29, 1.82) is 0 Å². The van der Waals surface area contributed by atoms with E-state index in [0.29, 0.717) is 5.54 Å². The molecule has 1 aromatic rings. The van der Waals surface area contributed by atoms with Crippen LogP contribution < -0.4 is 10.2 Å². The third-order valence-corrected chi connectivity index (χ3v) is 4.43. The van der Waals surface area contributed by atoms with Crippen LogP contribution in [0.15, 0.2) is 12.3 Å². The summed E-state index contributed by atoms with van der Waals surface area (Å²) in [6.07, 6.45) is 10.1. The summed E-state index contributed by atoms with van der Waals surface area (Å²) in [6, 6.07) is 2.14. The summed E-state index contributed by atoms with van der Waals surface area (Å²) in [4.78, 5) is 2.48. The topological polar surface area (TPSA) is 33.1 Å². The molecule has 0 atom stereocenters. The highest BCUT2D eigenvalue weighted by Gasteiger charge is 2.35. The zero-order valence-corrected chi connectivity index (χ0v) is 11.4. The molecule has 0 bridgehead atoms. The van der Waals surface area contributed by atoms with E-state index in [4.69, 9.17) is 0 Å². The number of aryl methyl sites for hydroxylation is 1. The van der Waals surface area contributed by atoms with Gasteiger partial charge in [-0.2, -0.15) is 5.10 Å². The molecule has 1 saturated heterocycles. The Hall–Kier alpha value is -1.03. The van der Waals surface area contributed by atoms with Crippen molar-refractivity contribution in [3.63, 3.8) is 0 Å². The first-order chi connectivity index (χ1) is 8.77. The van der Waals surface area contributed by atoms with E-state index in [1.165, 1.54) is 38.5 Å². The first kappa shape index (κ1) is 12.0. The molecule has 2 aliphatic rings. The van der Waals surface area contributed by atoms with Crippen molar-refractivity contribution in [3.05, 3.63) is 12.3 Å². The van der Waals surface area contributed by atoms with Crippen molar-refractivity contribution in [3.8, 4) is 0 Å². The molecule has 1 N–H and O–H groups in total. The minimum Gasteiger partial charge on any atom is -0.353 e. The quantitative estimate of drug-likeness (QED) is 0.824. The number of aromatic nitrogens is 2. The average molecular weight is 248 g/mol. The molecule has 4 nitrogen and oxygen atoms in total. The number of hydrogen-bond donors (Lipinski definition) is 1. The van der Waals surface area contributed by atoms with Gasteiger partial charge in [-0.1, -0.05) is 19.3 Å². The van der Waals surface area contributed by atoms with Crippen LogP contribution in [0.2, 0.25) is 0 Å². The molecule has 0 aromatic carbocycles. The number of rotatable bonds is 1. The molecule has 2 heterocycles. The molecule has 1 aliphatic carbocycles. The van der Waals surface area contributed by atoms with Crippen molar-refractivity contribution >= 4 is 5.82 Å². The van der Waals surface area contributed by atoms with Gasteiger partial charge in [-0.3, -0.25) is 4.68 Å². The Morgan fingerprint density at radius 1 is 1.22 bits per heavy atom. The summed E-state index contributed by atoms with van der Waals surface area (Å²) in [5.41, 5.74) is 0.353. The lowest BCUT2D eigenvalue weighted by Crippen LogP contribution is -2.52. The standard InChI is InChI=1S/C14H24N4/c1-17-11-6-13(16-17)18-10-5-9-15-14(12-18)7-3-2-4-8-14/h6,11,15H,2-5,7-10,12H2,1H3. The second-order valence-electron chi connectivity index (χ2n) is 5.89. The number of nitrogens with one attached hydrogen (secondary N) is 1. The van der Waals surface area contributed by atoms with Crippen LogP contribution >= 0.6 is 0 Å². The maximum Gasteiger partial charge on any atom is 0.150 e. The van der Waals surface area contributed by atoms with Gasteiger partial charge in [-0.05, 0) is 25.8 Å². The smallest absolute Gasteiger partial charge is 0.150 e. The maximum absolute atomic E-state index is 4.57. The molecule has 1 spiro atoms. The van der Waals surface area contributed by atoms with Crippen molar-refractivity contribution in [2.45, 2.75) is 44.1 Å². The van der Waals surface area contributed by atoms with Crippen molar-refractivity contribution in [1.82, 2.24) is 15.1 Å². The van der Waals surface area contributed by atoms with E-state index in [0.717, 1.165) is 25.5 Å². The summed E-state index contributed by atoms with van der Waals surface area (Å²) in [7, 11) is 2.00. The SMILES string of the molecule is Cn1ccc(N2CCCNC3(CCCCC3)C2)n1. The van der Waals surface area contributed by atoms with E-state index in [9.17, 15) is 0 Å². The van der Waals surface area contributed by atoms with Gasteiger partial charge in [0.25, 0.3) is 0 Å². The van der Waals surface area contributed by atoms with Gasteiger partial charge in [0, 0.05) is 37.9 Å². The molecule has 18 heavy (non-hydrogen) atoms. The Morgan fingerprint density at radius 2 is 2.06 bits per heavy atom. The van der Waals surface area contributed by atoms with Gasteiger partial charge in [-0.25, -0.2) is 0 Å². The van der Waals surface area contributed by atoms with Gasteiger partial charge in [0.1, 0.15) is 0 Å². The number of hydrogen-bond acceptors (Lipinski definition) is 3. The third-order valence-electron chi connectivity index (χ3n) is 4.43. The Bertz CT molecular complexity index is 392. The van der Waals surface area contributed by atoms with Crippen LogP contribution in [0.4, 0.5) is 5.82 Å². The first-order valence-electron chi connectivity index (χ1n) is 7.27. The van der Waals surface area contributed by atoms with Crippen LogP contribution in [0.25, 0.3) is 0 Å². The zero-order valence-electron chi connectivity index (χ0n) is 11.4. The molecule has 1 aliphatic heterocycles. The second kappa shape index (κ2) is 4.92. The Balaban J connectivity index is 1.78. The van der Waals surface area contributed by atoms with E-state index >= 15 is 0 Å². The fourth-order valence-electron chi connectivity index (χ4n) is 3.45. The van der Waals surface area contributed by atoms with Gasteiger partial charge >= 0.3 is 0 Å². The third kappa shape index (κ3) is 2.39. The number of anilines is 1. The number of nitrogens with zero attached hydrogens (tertiary/aromatic N) is 3. The predicted octanol–water partition coefficient (Wildman–Crippen LogP) is 1.92. The largest absolute Gasteiger partial charge is 0.353 e. The summed E-state index contributed by atoms with van der Waals surface area (Å²) < 4.78 is 1.90. The lowest BCUT2D eigenvalue weighted by atomic mass is 9.81. The van der Waals surface area contributed by atoms with Crippen LogP contribution in [0.3, 0.4) is 0 Å². The molecule has 3 rings (SSSR count). The molecule has 0 radical (unpaired) electrons. The molecule has 100 valence electrons. The zero-order chi connectivity index (χ0) is 12.4. The van der Waals surface area contributed by atoms with Gasteiger partial charge in [0.05, 0.1) is 0 Å². The minimum atomic E-state index is 0.353. The van der Waals surface area contributed by atoms with Crippen molar-refractivity contribution < 1.29 is 0 Å². The second-order valence-corrected chi connectivity index (χ2v) is 5.89. The molecular formula is C14H24N4. The molecule has 0 amide bonds. The monoisotopic (exact) mass is 248 g/mol. The van der Waals surface area contributed by atoms with Gasteiger partial charge in [0.2, 0.25) is 0 Å². The molecule has 1 aromatic heterocycles. The Kier molecular flexibility index (Phi) is 3.29. The van der Waals surface area contributed by atoms with E-state index in [1.807, 2.05) is 17.9 Å². The first-order valence-corrected chi connectivity index (χ1v) is 7.27. The fourth-order valence-corrected chi connectivity index (χ4v) is 3.45. The molecule has 2 fully saturated rings. The van der Waals surface area contributed by atoms with Crippen LogP contribution in [0, 0.1) is 0 Å². The summed E-state index contributed by atoms with van der Waals surface area (Å²) >= 11 is 0. The van der Waals surface area contributed by atoms with Crippen LogP contribution in [-0.2, 0) is 7.05 Å². The lowest BCUT2D eigenvalue weighted by molar-refractivity contribution is 0.246. The molecular weight excluding hydrogens is 224 g/mol. The highest BCUT2D eigenvalue weighted by molar-refractivity contribution is 5.38. The normalized spacial score (nSPS) is 24.2. The Morgan fingerprint density at radius 3 is 2.78 bits per heavy atom. The summed E-state index contributed by atoms with van der Waals surface area (Å²) in [6.45, 7) is 3.42. The van der Waals surface area contributed by atoms with Crippen molar-refractivity contribution in [2.24, 2.45) is 7.05 Å². The van der Waals surface area contributed by atoms with Gasteiger partial charge in [0.15, 0.2) is 5.82 Å². The van der Waals surface area contributed by atoms with E-state index < -0.39 is 0 Å². The fraction of sp³-hybridized carbons (Fsp3) is 0.786. The van der Waals surface area contributed by atoms with Crippen LogP contribution in [0.1, 0.15) is 38.5 Å². The van der Waals surface area contributed by atoms with Gasteiger partial charge in [-0.15, -0.1) is 0 Å². The average Bonchev–Trinajstić information content (AvgIpc) is 2.71. The summed E-state index contributed by atoms with van der Waals surface area (Å²) in [5, 5.41) is 8.40. The van der Waals surface area contributed by atoms with E-state index in [-0.39, 0.29) is 0 Å². The van der Waals surface area contributed by atoms with Crippen molar-refractivity contribution in [2.75, 3.05) is 24.5 Å². The minimum absolute atomic E-state index is 0.353. The van der Waals surface area contributed by atoms with E-state index in [1.54, 1.807) is 0 Å². The molecule has 1 saturated carbocycles.